The van der Waals surface area contributed by atoms with Crippen LogP contribution in [0.4, 0.5) is 0 Å². The molecule has 1 heterocycles. The van der Waals surface area contributed by atoms with Gasteiger partial charge in [0.15, 0.2) is 0 Å². The maximum absolute atomic E-state index is 10.4. The van der Waals surface area contributed by atoms with E-state index in [2.05, 4.69) is 32.2 Å². The Bertz CT molecular complexity index is 467. The lowest BCUT2D eigenvalue weighted by Crippen LogP contribution is -2.45. The molecule has 1 saturated carbocycles. The van der Waals surface area contributed by atoms with Gasteiger partial charge in [-0.3, -0.25) is 4.90 Å². The Kier molecular flexibility index (Phi) is 3.83. The van der Waals surface area contributed by atoms with Crippen LogP contribution in [0, 0.1) is 12.8 Å². The quantitative estimate of drug-likeness (QED) is 0.897. The zero-order valence-corrected chi connectivity index (χ0v) is 12.9. The highest BCUT2D eigenvalue weighted by Crippen LogP contribution is 2.48. The standard InChI is InChI=1S/C15H21BrN2O/c1-10-8-12(16)9-13(15(10)19)14(11-2-3-11)18-6-4-17-5-7-18/h8-9,11,14,17,19H,2-7H2,1H3/t14-/m0/s1. The van der Waals surface area contributed by atoms with E-state index in [1.165, 1.54) is 12.8 Å². The summed E-state index contributed by atoms with van der Waals surface area (Å²) in [6, 6.07) is 4.48. The second-order valence-electron chi connectivity index (χ2n) is 5.73. The molecule has 2 N–H and O–H groups in total. The van der Waals surface area contributed by atoms with Gasteiger partial charge in [-0.2, -0.15) is 0 Å². The van der Waals surface area contributed by atoms with Crippen LogP contribution in [-0.4, -0.2) is 36.2 Å². The Morgan fingerprint density at radius 1 is 1.32 bits per heavy atom. The molecule has 0 spiro atoms. The van der Waals surface area contributed by atoms with Crippen LogP contribution >= 0.6 is 15.9 Å². The molecule has 19 heavy (non-hydrogen) atoms. The first-order valence-corrected chi connectivity index (χ1v) is 7.90. The van der Waals surface area contributed by atoms with Crippen LogP contribution in [0.25, 0.3) is 0 Å². The number of aryl methyl sites for hydroxylation is 1. The number of nitrogens with one attached hydrogen (secondary N) is 1. The summed E-state index contributed by atoms with van der Waals surface area (Å²) in [7, 11) is 0. The molecule has 1 saturated heterocycles. The van der Waals surface area contributed by atoms with Gasteiger partial charge in [-0.1, -0.05) is 15.9 Å². The van der Waals surface area contributed by atoms with E-state index in [0.717, 1.165) is 47.7 Å². The monoisotopic (exact) mass is 324 g/mol. The Morgan fingerprint density at radius 3 is 2.63 bits per heavy atom. The highest BCUT2D eigenvalue weighted by atomic mass is 79.9. The fraction of sp³-hybridized carbons (Fsp3) is 0.600. The molecule has 104 valence electrons. The molecule has 1 aliphatic heterocycles. The summed E-state index contributed by atoms with van der Waals surface area (Å²) >= 11 is 3.57. The average molecular weight is 325 g/mol. The van der Waals surface area contributed by atoms with Gasteiger partial charge >= 0.3 is 0 Å². The van der Waals surface area contributed by atoms with Crippen LogP contribution in [0.5, 0.6) is 5.75 Å². The molecule has 1 aromatic rings. The predicted octanol–water partition coefficient (Wildman–Crippen LogP) is 2.82. The number of rotatable bonds is 3. The van der Waals surface area contributed by atoms with E-state index < -0.39 is 0 Å². The smallest absolute Gasteiger partial charge is 0.123 e. The molecule has 1 aliphatic carbocycles. The molecule has 3 rings (SSSR count). The first-order chi connectivity index (χ1) is 9.16. The minimum atomic E-state index is 0.387. The van der Waals surface area contributed by atoms with E-state index in [1.54, 1.807) is 0 Å². The average Bonchev–Trinajstić information content (AvgIpc) is 3.21. The van der Waals surface area contributed by atoms with Gasteiger partial charge in [0.2, 0.25) is 0 Å². The third kappa shape index (κ3) is 2.81. The molecule has 0 unspecified atom stereocenters. The van der Waals surface area contributed by atoms with E-state index in [4.69, 9.17) is 0 Å². The molecule has 0 aromatic heterocycles. The Hall–Kier alpha value is -0.580. The highest BCUT2D eigenvalue weighted by molar-refractivity contribution is 9.10. The van der Waals surface area contributed by atoms with Crippen molar-refractivity contribution in [1.29, 1.82) is 0 Å². The minimum Gasteiger partial charge on any atom is -0.507 e. The van der Waals surface area contributed by atoms with Gasteiger partial charge in [0.25, 0.3) is 0 Å². The lowest BCUT2D eigenvalue weighted by Gasteiger charge is -2.36. The van der Waals surface area contributed by atoms with Crippen LogP contribution in [0.2, 0.25) is 0 Å². The molecule has 0 radical (unpaired) electrons. The number of phenolic OH excluding ortho intramolecular Hbond substituents is 1. The number of nitrogens with zero attached hydrogens (tertiary/aromatic N) is 1. The first-order valence-electron chi connectivity index (χ1n) is 7.10. The molecule has 1 aromatic carbocycles. The Labute approximate surface area is 123 Å². The normalized spacial score (nSPS) is 22.4. The summed E-state index contributed by atoms with van der Waals surface area (Å²) in [4.78, 5) is 2.54. The number of phenols is 1. The van der Waals surface area contributed by atoms with Gasteiger partial charge in [-0.15, -0.1) is 0 Å². The maximum atomic E-state index is 10.4. The van der Waals surface area contributed by atoms with Crippen molar-refractivity contribution in [2.24, 2.45) is 5.92 Å². The summed E-state index contributed by atoms with van der Waals surface area (Å²) in [5, 5.41) is 13.8. The van der Waals surface area contributed by atoms with Crippen molar-refractivity contribution >= 4 is 15.9 Å². The van der Waals surface area contributed by atoms with Gasteiger partial charge in [-0.25, -0.2) is 0 Å². The van der Waals surface area contributed by atoms with Crippen molar-refractivity contribution in [3.05, 3.63) is 27.7 Å². The number of hydrogen-bond acceptors (Lipinski definition) is 3. The number of piperazine rings is 1. The maximum Gasteiger partial charge on any atom is 0.123 e. The number of halogens is 1. The Balaban J connectivity index is 1.95. The number of benzene rings is 1. The number of hydrogen-bond donors (Lipinski definition) is 2. The van der Waals surface area contributed by atoms with Crippen LogP contribution < -0.4 is 5.32 Å². The molecular weight excluding hydrogens is 304 g/mol. The van der Waals surface area contributed by atoms with Gasteiger partial charge in [-0.05, 0) is 43.4 Å². The van der Waals surface area contributed by atoms with Gasteiger partial charge in [0.05, 0.1) is 0 Å². The summed E-state index contributed by atoms with van der Waals surface area (Å²) < 4.78 is 1.07. The van der Waals surface area contributed by atoms with Crippen molar-refractivity contribution in [1.82, 2.24) is 10.2 Å². The lowest BCUT2D eigenvalue weighted by atomic mass is 9.97. The minimum absolute atomic E-state index is 0.387. The van der Waals surface area contributed by atoms with Crippen molar-refractivity contribution in [3.63, 3.8) is 0 Å². The molecule has 0 bridgehead atoms. The van der Waals surface area contributed by atoms with Gasteiger partial charge in [0.1, 0.15) is 5.75 Å². The third-order valence-corrected chi connectivity index (χ3v) is 4.68. The molecule has 4 heteroatoms. The molecule has 3 nitrogen and oxygen atoms in total. The second-order valence-corrected chi connectivity index (χ2v) is 6.64. The van der Waals surface area contributed by atoms with Gasteiger partial charge < -0.3 is 10.4 Å². The summed E-state index contributed by atoms with van der Waals surface area (Å²) in [5.41, 5.74) is 2.07. The van der Waals surface area contributed by atoms with Crippen LogP contribution in [0.1, 0.15) is 30.0 Å². The van der Waals surface area contributed by atoms with Crippen molar-refractivity contribution < 1.29 is 5.11 Å². The number of aromatic hydroxyl groups is 1. The topological polar surface area (TPSA) is 35.5 Å². The largest absolute Gasteiger partial charge is 0.507 e. The van der Waals surface area contributed by atoms with Crippen molar-refractivity contribution in [2.45, 2.75) is 25.8 Å². The van der Waals surface area contributed by atoms with Crippen molar-refractivity contribution in [3.8, 4) is 5.75 Å². The molecular formula is C15H21BrN2O. The molecule has 1 atom stereocenters. The van der Waals surface area contributed by atoms with Crippen LogP contribution in [-0.2, 0) is 0 Å². The van der Waals surface area contributed by atoms with E-state index in [1.807, 2.05) is 13.0 Å². The summed E-state index contributed by atoms with van der Waals surface area (Å²) in [5.74, 6) is 1.20. The lowest BCUT2D eigenvalue weighted by molar-refractivity contribution is 0.153. The second kappa shape index (κ2) is 5.43. The summed E-state index contributed by atoms with van der Waals surface area (Å²) in [6.45, 7) is 6.23. The first kappa shape index (κ1) is 13.4. The van der Waals surface area contributed by atoms with E-state index in [0.29, 0.717) is 11.8 Å². The fourth-order valence-electron chi connectivity index (χ4n) is 3.11. The van der Waals surface area contributed by atoms with E-state index >= 15 is 0 Å². The molecule has 2 fully saturated rings. The Morgan fingerprint density at radius 2 is 2.00 bits per heavy atom. The third-order valence-electron chi connectivity index (χ3n) is 4.23. The zero-order chi connectivity index (χ0) is 13.4. The van der Waals surface area contributed by atoms with Crippen LogP contribution in [0.3, 0.4) is 0 Å². The van der Waals surface area contributed by atoms with E-state index in [9.17, 15) is 5.11 Å². The fourth-order valence-corrected chi connectivity index (χ4v) is 3.70. The summed E-state index contributed by atoms with van der Waals surface area (Å²) in [6.07, 6.45) is 2.58. The predicted molar refractivity (Wildman–Crippen MR) is 80.5 cm³/mol. The van der Waals surface area contributed by atoms with Gasteiger partial charge in [0, 0.05) is 42.3 Å². The van der Waals surface area contributed by atoms with Crippen LogP contribution in [0.15, 0.2) is 16.6 Å². The van der Waals surface area contributed by atoms with E-state index in [-0.39, 0.29) is 0 Å². The SMILES string of the molecule is Cc1cc(Br)cc([C@H](C2CC2)N2CCNCC2)c1O. The zero-order valence-electron chi connectivity index (χ0n) is 11.3. The van der Waals surface area contributed by atoms with Crippen molar-refractivity contribution in [2.75, 3.05) is 26.2 Å². The molecule has 2 aliphatic rings. The highest BCUT2D eigenvalue weighted by Gasteiger charge is 2.38. The molecule has 0 amide bonds.